The van der Waals surface area contributed by atoms with E-state index in [1.807, 2.05) is 6.07 Å². The molecule has 0 radical (unpaired) electrons. The molecule has 3 aromatic carbocycles. The Labute approximate surface area is 135 Å². The molecule has 0 N–H and O–H groups in total. The Bertz CT molecular complexity index is 847. The zero-order valence-electron chi connectivity index (χ0n) is 12.7. The molecule has 0 spiro atoms. The van der Waals surface area contributed by atoms with Crippen molar-refractivity contribution in [3.63, 3.8) is 0 Å². The van der Waals surface area contributed by atoms with Crippen LogP contribution in [0.4, 0.5) is 0 Å². The molecule has 0 fully saturated rings. The highest BCUT2D eigenvalue weighted by Gasteiger charge is 1.92. The zero-order chi connectivity index (χ0) is 15.7. The molecule has 0 aliphatic heterocycles. The fourth-order valence-electron chi connectivity index (χ4n) is 2.24. The third kappa shape index (κ3) is 4.42. The summed E-state index contributed by atoms with van der Waals surface area (Å²) < 4.78 is 4.47. The van der Waals surface area contributed by atoms with Crippen molar-refractivity contribution in [2.24, 2.45) is 0 Å². The van der Waals surface area contributed by atoms with Crippen LogP contribution in [-0.2, 0) is 0 Å². The van der Waals surface area contributed by atoms with Gasteiger partial charge in [-0.1, -0.05) is 78.9 Å². The molecule has 112 valence electrons. The molecular formula is C21H17NO. The molecule has 23 heavy (non-hydrogen) atoms. The van der Waals surface area contributed by atoms with E-state index in [-0.39, 0.29) is 0 Å². The molecule has 0 aliphatic carbocycles. The van der Waals surface area contributed by atoms with Crippen molar-refractivity contribution >= 4 is 22.9 Å². The lowest BCUT2D eigenvalue weighted by Gasteiger charge is -1.99. The van der Waals surface area contributed by atoms with Gasteiger partial charge in [-0.2, -0.15) is 0 Å². The lowest BCUT2D eigenvalue weighted by Crippen LogP contribution is -1.75. The predicted octanol–water partition coefficient (Wildman–Crippen LogP) is 5.68. The maximum absolute atomic E-state index is 4.47. The van der Waals surface area contributed by atoms with Crippen LogP contribution in [0.25, 0.3) is 22.9 Å². The average Bonchev–Trinajstić information content (AvgIpc) is 3.21. The van der Waals surface area contributed by atoms with Crippen LogP contribution in [0.5, 0.6) is 0 Å². The Hall–Kier alpha value is -3.13. The van der Waals surface area contributed by atoms with Crippen molar-refractivity contribution < 1.29 is 4.42 Å². The SMILES string of the molecule is C(=Cc1ccc2ccccc2c1)c1ccccc1.c1cocn1. The standard InChI is InChI=1S/C18H14.C3H3NO/c1-2-6-15(7-3-1)10-11-16-12-13-17-8-4-5-9-18(17)14-16;1-2-5-3-4-1/h1-14H;1-3H. The van der Waals surface area contributed by atoms with Gasteiger partial charge < -0.3 is 4.42 Å². The van der Waals surface area contributed by atoms with E-state index in [1.54, 1.807) is 6.20 Å². The first-order valence-corrected chi connectivity index (χ1v) is 7.46. The largest absolute Gasteiger partial charge is 0.452 e. The van der Waals surface area contributed by atoms with E-state index in [0.717, 1.165) is 0 Å². The molecule has 4 aromatic rings. The second-order valence-electron chi connectivity index (χ2n) is 5.03. The Kier molecular flexibility index (Phi) is 4.99. The first kappa shape index (κ1) is 14.8. The normalized spacial score (nSPS) is 10.4. The van der Waals surface area contributed by atoms with Gasteiger partial charge in [0, 0.05) is 0 Å². The van der Waals surface area contributed by atoms with Gasteiger partial charge in [-0.05, 0) is 28.0 Å². The molecule has 0 saturated heterocycles. The second kappa shape index (κ2) is 7.76. The van der Waals surface area contributed by atoms with Crippen molar-refractivity contribution in [1.29, 1.82) is 0 Å². The van der Waals surface area contributed by atoms with Crippen molar-refractivity contribution in [3.05, 3.63) is 103 Å². The summed E-state index contributed by atoms with van der Waals surface area (Å²) >= 11 is 0. The molecule has 1 aromatic heterocycles. The van der Waals surface area contributed by atoms with Gasteiger partial charge in [-0.3, -0.25) is 0 Å². The summed E-state index contributed by atoms with van der Waals surface area (Å²) in [6.07, 6.45) is 8.77. The minimum Gasteiger partial charge on any atom is -0.452 e. The number of aromatic nitrogens is 1. The number of hydrogen-bond acceptors (Lipinski definition) is 2. The van der Waals surface area contributed by atoms with Crippen molar-refractivity contribution in [2.45, 2.75) is 0 Å². The highest BCUT2D eigenvalue weighted by molar-refractivity contribution is 5.85. The second-order valence-corrected chi connectivity index (χ2v) is 5.03. The molecule has 4 rings (SSSR count). The maximum Gasteiger partial charge on any atom is 0.180 e. The molecule has 0 unspecified atom stereocenters. The summed E-state index contributed by atoms with van der Waals surface area (Å²) in [7, 11) is 0. The summed E-state index contributed by atoms with van der Waals surface area (Å²) in [6, 6.07) is 25.3. The lowest BCUT2D eigenvalue weighted by molar-refractivity contribution is 0.558. The minimum absolute atomic E-state index is 1.23. The van der Waals surface area contributed by atoms with Gasteiger partial charge in [0.2, 0.25) is 0 Å². The average molecular weight is 299 g/mol. The number of oxazole rings is 1. The molecule has 0 bridgehead atoms. The fraction of sp³-hybridized carbons (Fsp3) is 0. The molecule has 0 aliphatic rings. The molecule has 2 heteroatoms. The molecule has 0 amide bonds. The lowest BCUT2D eigenvalue weighted by atomic mass is 10.1. The predicted molar refractivity (Wildman–Crippen MR) is 95.8 cm³/mol. The highest BCUT2D eigenvalue weighted by atomic mass is 16.3. The van der Waals surface area contributed by atoms with E-state index >= 15 is 0 Å². The van der Waals surface area contributed by atoms with Crippen molar-refractivity contribution in [3.8, 4) is 0 Å². The Morgan fingerprint density at radius 3 is 2.13 bits per heavy atom. The molecule has 2 nitrogen and oxygen atoms in total. The van der Waals surface area contributed by atoms with Crippen LogP contribution >= 0.6 is 0 Å². The molecular weight excluding hydrogens is 282 g/mol. The van der Waals surface area contributed by atoms with Gasteiger partial charge >= 0.3 is 0 Å². The highest BCUT2D eigenvalue weighted by Crippen LogP contribution is 2.17. The maximum atomic E-state index is 4.47. The van der Waals surface area contributed by atoms with Gasteiger partial charge in [-0.15, -0.1) is 0 Å². The monoisotopic (exact) mass is 299 g/mol. The third-order valence-electron chi connectivity index (χ3n) is 3.39. The van der Waals surface area contributed by atoms with Gasteiger partial charge in [0.15, 0.2) is 6.39 Å². The molecule has 0 saturated carbocycles. The number of fused-ring (bicyclic) bond motifs is 1. The van der Waals surface area contributed by atoms with E-state index in [1.165, 1.54) is 34.6 Å². The van der Waals surface area contributed by atoms with E-state index in [9.17, 15) is 0 Å². The Morgan fingerprint density at radius 1 is 0.696 bits per heavy atom. The number of benzene rings is 3. The topological polar surface area (TPSA) is 26.0 Å². The van der Waals surface area contributed by atoms with Crippen LogP contribution in [0.1, 0.15) is 11.1 Å². The van der Waals surface area contributed by atoms with E-state index in [4.69, 9.17) is 0 Å². The first-order chi connectivity index (χ1) is 11.4. The van der Waals surface area contributed by atoms with Crippen molar-refractivity contribution in [2.75, 3.05) is 0 Å². The van der Waals surface area contributed by atoms with Crippen LogP contribution in [-0.4, -0.2) is 4.98 Å². The first-order valence-electron chi connectivity index (χ1n) is 7.46. The van der Waals surface area contributed by atoms with Crippen LogP contribution < -0.4 is 0 Å². The van der Waals surface area contributed by atoms with E-state index < -0.39 is 0 Å². The number of nitrogens with zero attached hydrogens (tertiary/aromatic N) is 1. The molecule has 1 heterocycles. The van der Waals surface area contributed by atoms with Crippen LogP contribution in [0.2, 0.25) is 0 Å². The quantitative estimate of drug-likeness (QED) is 0.445. The molecule has 0 atom stereocenters. The zero-order valence-corrected chi connectivity index (χ0v) is 12.7. The van der Waals surface area contributed by atoms with E-state index in [0.29, 0.717) is 0 Å². The summed E-state index contributed by atoms with van der Waals surface area (Å²) in [6.45, 7) is 0. The summed E-state index contributed by atoms with van der Waals surface area (Å²) in [4.78, 5) is 3.56. The van der Waals surface area contributed by atoms with Crippen molar-refractivity contribution in [1.82, 2.24) is 4.98 Å². The van der Waals surface area contributed by atoms with Gasteiger partial charge in [0.25, 0.3) is 0 Å². The van der Waals surface area contributed by atoms with E-state index in [2.05, 4.69) is 88.3 Å². The van der Waals surface area contributed by atoms with Crippen LogP contribution in [0.3, 0.4) is 0 Å². The van der Waals surface area contributed by atoms with Crippen LogP contribution in [0.15, 0.2) is 96.1 Å². The summed E-state index contributed by atoms with van der Waals surface area (Å²) in [5.74, 6) is 0. The third-order valence-corrected chi connectivity index (χ3v) is 3.39. The summed E-state index contributed by atoms with van der Waals surface area (Å²) in [5, 5.41) is 2.57. The smallest absolute Gasteiger partial charge is 0.180 e. The van der Waals surface area contributed by atoms with Gasteiger partial charge in [-0.25, -0.2) is 4.98 Å². The van der Waals surface area contributed by atoms with Crippen LogP contribution in [0, 0.1) is 0 Å². The summed E-state index contributed by atoms with van der Waals surface area (Å²) in [5.41, 5.74) is 2.46. The Morgan fingerprint density at radius 2 is 1.43 bits per heavy atom. The van der Waals surface area contributed by atoms with Gasteiger partial charge in [0.05, 0.1) is 6.20 Å². The minimum atomic E-state index is 1.23. The Balaban J connectivity index is 0.000000267. The number of hydrogen-bond donors (Lipinski definition) is 0. The fourth-order valence-corrected chi connectivity index (χ4v) is 2.24. The van der Waals surface area contributed by atoms with Gasteiger partial charge in [0.1, 0.15) is 6.26 Å². The number of rotatable bonds is 2.